The van der Waals surface area contributed by atoms with Crippen molar-refractivity contribution in [3.63, 3.8) is 0 Å². The molecule has 1 atom stereocenters. The predicted octanol–water partition coefficient (Wildman–Crippen LogP) is 5.42. The average molecular weight is 429 g/mol. The number of nitrogens with one attached hydrogen (secondary N) is 1. The van der Waals surface area contributed by atoms with Gasteiger partial charge in [-0.2, -0.15) is 0 Å². The first-order valence-corrected chi connectivity index (χ1v) is 10.6. The Kier molecular flexibility index (Phi) is 6.17. The van der Waals surface area contributed by atoms with E-state index in [2.05, 4.69) is 18.0 Å². The van der Waals surface area contributed by atoms with E-state index in [1.54, 1.807) is 12.0 Å². The van der Waals surface area contributed by atoms with Gasteiger partial charge in [-0.25, -0.2) is 0 Å². The van der Waals surface area contributed by atoms with Gasteiger partial charge in [0.1, 0.15) is 11.5 Å². The zero-order valence-corrected chi connectivity index (χ0v) is 18.9. The van der Waals surface area contributed by atoms with Crippen LogP contribution < -0.4 is 9.47 Å². The van der Waals surface area contributed by atoms with E-state index in [1.165, 1.54) is 5.56 Å². The molecule has 0 aliphatic carbocycles. The third-order valence-electron chi connectivity index (χ3n) is 5.97. The van der Waals surface area contributed by atoms with Gasteiger partial charge in [0.25, 0.3) is 5.91 Å². The van der Waals surface area contributed by atoms with E-state index in [0.717, 1.165) is 33.3 Å². The smallest absolute Gasteiger partial charge is 0.261 e. The molecule has 0 saturated carbocycles. The maximum Gasteiger partial charge on any atom is 0.261 e. The van der Waals surface area contributed by atoms with Crippen LogP contribution in [0.2, 0.25) is 0 Å². The van der Waals surface area contributed by atoms with E-state index in [1.807, 2.05) is 80.8 Å². The highest BCUT2D eigenvalue weighted by Crippen LogP contribution is 2.34. The van der Waals surface area contributed by atoms with Crippen LogP contribution in [0.4, 0.5) is 0 Å². The van der Waals surface area contributed by atoms with E-state index >= 15 is 0 Å². The molecule has 1 aromatic heterocycles. The molecule has 5 nitrogen and oxygen atoms in total. The van der Waals surface area contributed by atoms with Gasteiger partial charge in [0.15, 0.2) is 6.61 Å². The van der Waals surface area contributed by atoms with Crippen LogP contribution in [-0.4, -0.2) is 36.6 Å². The van der Waals surface area contributed by atoms with Crippen molar-refractivity contribution in [2.45, 2.75) is 19.9 Å². The number of nitrogens with zero attached hydrogens (tertiary/aromatic N) is 1. The number of fused-ring (bicyclic) bond motifs is 1. The standard InChI is InChI=1S/C27H28N2O3/c1-18-9-12-22(15-19(18)2)32-17-26(30)29(3)27(20-10-13-21(31-4)14-11-20)24-16-28-25-8-6-5-7-23(24)25/h5-16,27-28H,17H2,1-4H3. The van der Waals surface area contributed by atoms with Crippen LogP contribution in [-0.2, 0) is 4.79 Å². The Hall–Kier alpha value is -3.73. The Morgan fingerprint density at radius 2 is 1.69 bits per heavy atom. The number of amides is 1. The van der Waals surface area contributed by atoms with Gasteiger partial charge in [0, 0.05) is 29.7 Å². The molecule has 0 aliphatic rings. The number of rotatable bonds is 7. The molecule has 5 heteroatoms. The van der Waals surface area contributed by atoms with Gasteiger partial charge >= 0.3 is 0 Å². The highest BCUT2D eigenvalue weighted by Gasteiger charge is 2.26. The van der Waals surface area contributed by atoms with Crippen molar-refractivity contribution >= 4 is 16.8 Å². The summed E-state index contributed by atoms with van der Waals surface area (Å²) in [6.07, 6.45) is 1.98. The lowest BCUT2D eigenvalue weighted by molar-refractivity contribution is -0.133. The van der Waals surface area contributed by atoms with Gasteiger partial charge in [-0.3, -0.25) is 4.79 Å². The summed E-state index contributed by atoms with van der Waals surface area (Å²) < 4.78 is 11.1. The summed E-state index contributed by atoms with van der Waals surface area (Å²) in [6.45, 7) is 4.06. The van der Waals surface area contributed by atoms with E-state index in [4.69, 9.17) is 9.47 Å². The minimum atomic E-state index is -0.270. The number of ether oxygens (including phenoxy) is 2. The fraction of sp³-hybridized carbons (Fsp3) is 0.222. The summed E-state index contributed by atoms with van der Waals surface area (Å²) in [6, 6.07) is 21.5. The van der Waals surface area contributed by atoms with Crippen molar-refractivity contribution in [1.29, 1.82) is 0 Å². The normalized spacial score (nSPS) is 11.9. The molecular weight excluding hydrogens is 400 g/mol. The Bertz CT molecular complexity index is 1230. The fourth-order valence-corrected chi connectivity index (χ4v) is 3.91. The number of hydrogen-bond acceptors (Lipinski definition) is 3. The van der Waals surface area contributed by atoms with Gasteiger partial charge < -0.3 is 19.4 Å². The number of H-pyrrole nitrogens is 1. The quantitative estimate of drug-likeness (QED) is 0.428. The van der Waals surface area contributed by atoms with Gasteiger partial charge in [0.05, 0.1) is 13.2 Å². The van der Waals surface area contributed by atoms with E-state index < -0.39 is 0 Å². The monoisotopic (exact) mass is 428 g/mol. The lowest BCUT2D eigenvalue weighted by atomic mass is 9.96. The molecular formula is C27H28N2O3. The van der Waals surface area contributed by atoms with E-state index in [0.29, 0.717) is 5.75 Å². The third-order valence-corrected chi connectivity index (χ3v) is 5.97. The number of hydrogen-bond donors (Lipinski definition) is 1. The SMILES string of the molecule is COc1ccc(C(c2c[nH]c3ccccc23)N(C)C(=O)COc2ccc(C)c(C)c2)cc1. The number of aryl methyl sites for hydroxylation is 2. The minimum Gasteiger partial charge on any atom is -0.497 e. The Labute approximate surface area is 188 Å². The molecule has 1 amide bonds. The Balaban J connectivity index is 1.63. The molecule has 1 heterocycles. The number of aromatic nitrogens is 1. The van der Waals surface area contributed by atoms with Crippen LogP contribution in [0.1, 0.15) is 28.3 Å². The summed E-state index contributed by atoms with van der Waals surface area (Å²) >= 11 is 0. The van der Waals surface area contributed by atoms with Crippen LogP contribution in [0.5, 0.6) is 11.5 Å². The topological polar surface area (TPSA) is 54.6 Å². The summed E-state index contributed by atoms with van der Waals surface area (Å²) in [7, 11) is 3.47. The third kappa shape index (κ3) is 4.33. The molecule has 0 spiro atoms. The second-order valence-corrected chi connectivity index (χ2v) is 8.00. The number of aromatic amines is 1. The van der Waals surface area contributed by atoms with Crippen LogP contribution in [0, 0.1) is 13.8 Å². The van der Waals surface area contributed by atoms with Crippen molar-refractivity contribution in [2.24, 2.45) is 0 Å². The molecule has 1 unspecified atom stereocenters. The molecule has 32 heavy (non-hydrogen) atoms. The van der Waals surface area contributed by atoms with Crippen LogP contribution in [0.25, 0.3) is 10.9 Å². The lowest BCUT2D eigenvalue weighted by Gasteiger charge is -2.29. The summed E-state index contributed by atoms with van der Waals surface area (Å²) in [5.74, 6) is 1.37. The summed E-state index contributed by atoms with van der Waals surface area (Å²) in [5, 5.41) is 1.09. The fourth-order valence-electron chi connectivity index (χ4n) is 3.91. The largest absolute Gasteiger partial charge is 0.497 e. The zero-order chi connectivity index (χ0) is 22.7. The van der Waals surface area contributed by atoms with E-state index in [9.17, 15) is 4.79 Å². The van der Waals surface area contributed by atoms with Crippen molar-refractivity contribution in [1.82, 2.24) is 9.88 Å². The maximum atomic E-state index is 13.2. The molecule has 164 valence electrons. The molecule has 0 bridgehead atoms. The number of carbonyl (C=O) groups excluding carboxylic acids is 1. The zero-order valence-electron chi connectivity index (χ0n) is 18.9. The Morgan fingerprint density at radius 3 is 2.41 bits per heavy atom. The van der Waals surface area contributed by atoms with Gasteiger partial charge in [-0.1, -0.05) is 36.4 Å². The predicted molar refractivity (Wildman–Crippen MR) is 127 cm³/mol. The lowest BCUT2D eigenvalue weighted by Crippen LogP contribution is -2.35. The first-order valence-electron chi connectivity index (χ1n) is 10.6. The van der Waals surface area contributed by atoms with Gasteiger partial charge in [-0.05, 0) is 60.9 Å². The highest BCUT2D eigenvalue weighted by molar-refractivity contribution is 5.85. The van der Waals surface area contributed by atoms with Crippen LogP contribution in [0.15, 0.2) is 72.9 Å². The van der Waals surface area contributed by atoms with Crippen LogP contribution in [0.3, 0.4) is 0 Å². The molecule has 4 rings (SSSR count). The molecule has 1 N–H and O–H groups in total. The van der Waals surface area contributed by atoms with Crippen molar-refractivity contribution in [2.75, 3.05) is 20.8 Å². The number of benzene rings is 3. The van der Waals surface area contributed by atoms with Crippen molar-refractivity contribution in [3.05, 3.63) is 95.2 Å². The van der Waals surface area contributed by atoms with Gasteiger partial charge in [0.2, 0.25) is 0 Å². The number of carbonyl (C=O) groups is 1. The Morgan fingerprint density at radius 1 is 0.969 bits per heavy atom. The second-order valence-electron chi connectivity index (χ2n) is 8.00. The van der Waals surface area contributed by atoms with Gasteiger partial charge in [-0.15, -0.1) is 0 Å². The number of para-hydroxylation sites is 1. The maximum absolute atomic E-state index is 13.2. The van der Waals surface area contributed by atoms with Crippen molar-refractivity contribution in [3.8, 4) is 11.5 Å². The molecule has 0 aliphatic heterocycles. The first kappa shape index (κ1) is 21.5. The second kappa shape index (κ2) is 9.18. The number of methoxy groups -OCH3 is 1. The number of likely N-dealkylation sites (N-methyl/N-ethyl adjacent to an activating group) is 1. The average Bonchev–Trinajstić information content (AvgIpc) is 3.24. The van der Waals surface area contributed by atoms with E-state index in [-0.39, 0.29) is 18.6 Å². The molecule has 0 fully saturated rings. The molecule has 4 aromatic rings. The molecule has 0 radical (unpaired) electrons. The van der Waals surface area contributed by atoms with Crippen LogP contribution >= 0.6 is 0 Å². The highest BCUT2D eigenvalue weighted by atomic mass is 16.5. The molecule has 0 saturated heterocycles. The minimum absolute atomic E-state index is 0.0337. The summed E-state index contributed by atoms with van der Waals surface area (Å²) in [4.78, 5) is 18.3. The van der Waals surface area contributed by atoms with Crippen molar-refractivity contribution < 1.29 is 14.3 Å². The summed E-state index contributed by atoms with van der Waals surface area (Å²) in [5.41, 5.74) is 5.40. The molecule has 3 aromatic carbocycles. The first-order chi connectivity index (χ1) is 15.5.